The fraction of sp³-hybridized carbons (Fsp3) is 0. The van der Waals surface area contributed by atoms with Gasteiger partial charge in [0.1, 0.15) is 5.69 Å². The molecule has 2 aromatic heterocycles. The highest BCUT2D eigenvalue weighted by Crippen LogP contribution is 2.22. The van der Waals surface area contributed by atoms with Gasteiger partial charge < -0.3 is 5.11 Å². The molecule has 0 fully saturated rings. The van der Waals surface area contributed by atoms with Crippen LogP contribution in [0, 0.1) is 0 Å². The Morgan fingerprint density at radius 2 is 2.11 bits per heavy atom. The Morgan fingerprint density at radius 1 is 1.26 bits per heavy atom. The summed E-state index contributed by atoms with van der Waals surface area (Å²) in [5, 5.41) is 13.0. The Labute approximate surface area is 112 Å². The third-order valence-electron chi connectivity index (χ3n) is 2.04. The number of amides is 1. The van der Waals surface area contributed by atoms with Crippen LogP contribution in [0.5, 0.6) is 0 Å². The van der Waals surface area contributed by atoms with E-state index in [1.807, 2.05) is 12.1 Å². The molecule has 2 N–H and O–H groups in total. The van der Waals surface area contributed by atoms with Crippen LogP contribution in [-0.4, -0.2) is 27.0 Å². The van der Waals surface area contributed by atoms with E-state index in [0.717, 1.165) is 12.2 Å². The number of pyridine rings is 1. The van der Waals surface area contributed by atoms with Crippen molar-refractivity contribution >= 4 is 28.3 Å². The minimum atomic E-state index is -1.18. The summed E-state index contributed by atoms with van der Waals surface area (Å²) in [5.74, 6) is -1.72. The first-order valence-electron chi connectivity index (χ1n) is 5.24. The highest BCUT2D eigenvalue weighted by atomic mass is 32.1. The summed E-state index contributed by atoms with van der Waals surface area (Å²) < 4.78 is 0. The zero-order chi connectivity index (χ0) is 13.7. The number of nitrogens with one attached hydrogen (secondary N) is 1. The van der Waals surface area contributed by atoms with Gasteiger partial charge in [-0.25, -0.2) is 9.78 Å². The first kappa shape index (κ1) is 12.9. The number of anilines is 1. The molecule has 0 saturated heterocycles. The molecule has 0 bridgehead atoms. The molecule has 1 amide bonds. The Balaban J connectivity index is 2.06. The van der Waals surface area contributed by atoms with Gasteiger partial charge in [-0.15, -0.1) is 11.3 Å². The fourth-order valence-corrected chi connectivity index (χ4v) is 1.96. The average Bonchev–Trinajstić information content (AvgIpc) is 2.86. The van der Waals surface area contributed by atoms with Crippen LogP contribution in [0.1, 0.15) is 0 Å². The molecule has 19 heavy (non-hydrogen) atoms. The molecular weight excluding hydrogens is 266 g/mol. The zero-order valence-electron chi connectivity index (χ0n) is 9.61. The van der Waals surface area contributed by atoms with E-state index >= 15 is 0 Å². The molecule has 0 atom stereocenters. The molecule has 7 heteroatoms. The first-order chi connectivity index (χ1) is 9.15. The van der Waals surface area contributed by atoms with E-state index in [9.17, 15) is 9.59 Å². The van der Waals surface area contributed by atoms with Crippen molar-refractivity contribution in [3.63, 3.8) is 0 Å². The Kier molecular flexibility index (Phi) is 3.99. The van der Waals surface area contributed by atoms with Gasteiger partial charge >= 0.3 is 5.97 Å². The van der Waals surface area contributed by atoms with Gasteiger partial charge in [-0.3, -0.25) is 15.1 Å². The molecule has 0 spiro atoms. The van der Waals surface area contributed by atoms with Gasteiger partial charge in [0.05, 0.1) is 5.69 Å². The van der Waals surface area contributed by atoms with Gasteiger partial charge in [0, 0.05) is 23.7 Å². The smallest absolute Gasteiger partial charge is 0.328 e. The number of aromatic nitrogens is 2. The van der Waals surface area contributed by atoms with Crippen LogP contribution in [0.2, 0.25) is 0 Å². The Morgan fingerprint density at radius 3 is 2.79 bits per heavy atom. The van der Waals surface area contributed by atoms with Crippen molar-refractivity contribution in [2.24, 2.45) is 0 Å². The molecule has 0 aliphatic carbocycles. The molecule has 6 nitrogen and oxygen atoms in total. The maximum atomic E-state index is 11.4. The first-order valence-corrected chi connectivity index (χ1v) is 6.12. The van der Waals surface area contributed by atoms with E-state index in [-0.39, 0.29) is 0 Å². The Bertz CT molecular complexity index is 622. The summed E-state index contributed by atoms with van der Waals surface area (Å²) in [4.78, 5) is 29.9. The van der Waals surface area contributed by atoms with E-state index in [4.69, 9.17) is 5.11 Å². The molecule has 96 valence electrons. The van der Waals surface area contributed by atoms with Crippen molar-refractivity contribution in [2.45, 2.75) is 0 Å². The number of aliphatic carboxylic acids is 1. The lowest BCUT2D eigenvalue weighted by atomic mass is 10.3. The normalized spacial score (nSPS) is 10.5. The van der Waals surface area contributed by atoms with E-state index < -0.39 is 11.9 Å². The van der Waals surface area contributed by atoms with Crippen LogP contribution in [0.4, 0.5) is 5.13 Å². The lowest BCUT2D eigenvalue weighted by molar-refractivity contribution is -0.131. The van der Waals surface area contributed by atoms with Crippen LogP contribution in [-0.2, 0) is 9.59 Å². The van der Waals surface area contributed by atoms with Crippen molar-refractivity contribution in [1.82, 2.24) is 9.97 Å². The standard InChI is InChI=1S/C12H9N3O3S/c16-10(4-5-11(17)18)15-12-14-9(7-19-12)8-3-1-2-6-13-8/h1-7H,(H,17,18)(H,14,15,16). The summed E-state index contributed by atoms with van der Waals surface area (Å²) in [6, 6.07) is 5.45. The number of nitrogens with zero attached hydrogens (tertiary/aromatic N) is 2. The second kappa shape index (κ2) is 5.87. The molecule has 0 unspecified atom stereocenters. The molecule has 0 aliphatic heterocycles. The topological polar surface area (TPSA) is 92.2 Å². The number of carbonyl (C=O) groups is 2. The van der Waals surface area contributed by atoms with Crippen molar-refractivity contribution in [2.75, 3.05) is 5.32 Å². The Hall–Kier alpha value is -2.54. The van der Waals surface area contributed by atoms with Gasteiger partial charge in [-0.1, -0.05) is 6.07 Å². The number of carboxylic acid groups (broad SMARTS) is 1. The third kappa shape index (κ3) is 3.71. The predicted molar refractivity (Wildman–Crippen MR) is 70.8 cm³/mol. The molecule has 0 radical (unpaired) electrons. The molecule has 2 aromatic rings. The van der Waals surface area contributed by atoms with Gasteiger partial charge in [-0.05, 0) is 12.1 Å². The second-order valence-corrected chi connectivity index (χ2v) is 4.27. The van der Waals surface area contributed by atoms with Gasteiger partial charge in [0.25, 0.3) is 0 Å². The van der Waals surface area contributed by atoms with Gasteiger partial charge in [0.2, 0.25) is 5.91 Å². The lowest BCUT2D eigenvalue weighted by Crippen LogP contribution is -2.08. The summed E-state index contributed by atoms with van der Waals surface area (Å²) in [5.41, 5.74) is 1.36. The number of thiazole rings is 1. The molecule has 0 aromatic carbocycles. The summed E-state index contributed by atoms with van der Waals surface area (Å²) in [6.07, 6.45) is 3.36. The van der Waals surface area contributed by atoms with Crippen molar-refractivity contribution in [1.29, 1.82) is 0 Å². The lowest BCUT2D eigenvalue weighted by Gasteiger charge is -1.95. The van der Waals surface area contributed by atoms with Crippen molar-refractivity contribution < 1.29 is 14.7 Å². The molecule has 2 heterocycles. The van der Waals surface area contributed by atoms with E-state index in [0.29, 0.717) is 16.5 Å². The highest BCUT2D eigenvalue weighted by molar-refractivity contribution is 7.14. The van der Waals surface area contributed by atoms with Crippen LogP contribution >= 0.6 is 11.3 Å². The molecular formula is C12H9N3O3S. The maximum Gasteiger partial charge on any atom is 0.328 e. The third-order valence-corrected chi connectivity index (χ3v) is 2.80. The van der Waals surface area contributed by atoms with Crippen LogP contribution in [0.25, 0.3) is 11.4 Å². The number of hydrogen-bond acceptors (Lipinski definition) is 5. The van der Waals surface area contributed by atoms with Gasteiger partial charge in [0.15, 0.2) is 5.13 Å². The maximum absolute atomic E-state index is 11.4. The number of hydrogen-bond donors (Lipinski definition) is 2. The van der Waals surface area contributed by atoms with Crippen LogP contribution < -0.4 is 5.32 Å². The largest absolute Gasteiger partial charge is 0.478 e. The van der Waals surface area contributed by atoms with E-state index in [1.54, 1.807) is 17.6 Å². The highest BCUT2D eigenvalue weighted by Gasteiger charge is 2.06. The molecule has 0 saturated carbocycles. The zero-order valence-corrected chi connectivity index (χ0v) is 10.4. The predicted octanol–water partition coefficient (Wildman–Crippen LogP) is 1.78. The van der Waals surface area contributed by atoms with Crippen molar-refractivity contribution in [3.05, 3.63) is 41.9 Å². The number of carbonyl (C=O) groups excluding carboxylic acids is 1. The SMILES string of the molecule is O=C(O)C=CC(=O)Nc1nc(-c2ccccn2)cs1. The summed E-state index contributed by atoms with van der Waals surface area (Å²) in [7, 11) is 0. The fourth-order valence-electron chi connectivity index (χ4n) is 1.26. The van der Waals surface area contributed by atoms with Crippen LogP contribution in [0.3, 0.4) is 0 Å². The molecule has 2 rings (SSSR count). The number of rotatable bonds is 4. The minimum Gasteiger partial charge on any atom is -0.478 e. The van der Waals surface area contributed by atoms with Gasteiger partial charge in [-0.2, -0.15) is 0 Å². The van der Waals surface area contributed by atoms with E-state index in [2.05, 4.69) is 15.3 Å². The van der Waals surface area contributed by atoms with E-state index in [1.165, 1.54) is 11.3 Å². The minimum absolute atomic E-state index is 0.390. The summed E-state index contributed by atoms with van der Waals surface area (Å²) in [6.45, 7) is 0. The average molecular weight is 275 g/mol. The monoisotopic (exact) mass is 275 g/mol. The number of carboxylic acids is 1. The quantitative estimate of drug-likeness (QED) is 0.830. The van der Waals surface area contributed by atoms with Crippen LogP contribution in [0.15, 0.2) is 41.9 Å². The van der Waals surface area contributed by atoms with Crippen molar-refractivity contribution in [3.8, 4) is 11.4 Å². The second-order valence-electron chi connectivity index (χ2n) is 3.41. The summed E-state index contributed by atoms with van der Waals surface area (Å²) >= 11 is 1.24. The molecule has 0 aliphatic rings.